The summed E-state index contributed by atoms with van der Waals surface area (Å²) in [6.45, 7) is 5.30. The minimum Gasteiger partial charge on any atom is -0.475 e. The van der Waals surface area contributed by atoms with E-state index in [-0.39, 0.29) is 23.8 Å². The normalized spacial score (nSPS) is 11.4. The molecule has 0 radical (unpaired) electrons. The molecule has 86 valence electrons. The number of rotatable bonds is 2. The molecule has 1 N–H and O–H groups in total. The van der Waals surface area contributed by atoms with E-state index in [1.165, 1.54) is 6.08 Å². The Bertz CT molecular complexity index is 564. The molecular formula is C12H14O4. The van der Waals surface area contributed by atoms with Gasteiger partial charge in [0.1, 0.15) is 5.42 Å². The molecule has 0 bridgehead atoms. The van der Waals surface area contributed by atoms with Crippen molar-refractivity contribution in [1.29, 1.82) is 0 Å². The smallest absolute Gasteiger partial charge is 0.371 e. The van der Waals surface area contributed by atoms with E-state index in [4.69, 9.17) is 9.52 Å². The number of allylic oxidation sites excluding steroid dienone is 2. The molecule has 0 aliphatic rings. The minimum absolute atomic E-state index is 0. The van der Waals surface area contributed by atoms with E-state index in [0.717, 1.165) is 6.07 Å². The van der Waals surface area contributed by atoms with Crippen molar-refractivity contribution in [1.82, 2.24) is 0 Å². The van der Waals surface area contributed by atoms with Crippen LogP contribution in [0.5, 0.6) is 0 Å². The van der Waals surface area contributed by atoms with Crippen molar-refractivity contribution in [2.75, 3.05) is 0 Å². The molecule has 1 aromatic heterocycles. The molecular weight excluding hydrogens is 208 g/mol. The van der Waals surface area contributed by atoms with Gasteiger partial charge in [-0.1, -0.05) is 26.2 Å². The fraction of sp³-hybridized carbons (Fsp3) is 0.167. The van der Waals surface area contributed by atoms with Crippen LogP contribution in [0.15, 0.2) is 27.4 Å². The van der Waals surface area contributed by atoms with Gasteiger partial charge in [-0.25, -0.2) is 4.79 Å². The van der Waals surface area contributed by atoms with Crippen molar-refractivity contribution in [3.63, 3.8) is 0 Å². The van der Waals surface area contributed by atoms with Crippen LogP contribution in [-0.2, 0) is 0 Å². The molecule has 0 spiro atoms. The summed E-state index contributed by atoms with van der Waals surface area (Å²) in [5.41, 5.74) is -0.285. The van der Waals surface area contributed by atoms with Crippen LogP contribution in [0, 0.1) is 0 Å². The number of carboxylic acids is 1. The van der Waals surface area contributed by atoms with Crippen LogP contribution in [0.4, 0.5) is 0 Å². The summed E-state index contributed by atoms with van der Waals surface area (Å²) >= 11 is 0. The van der Waals surface area contributed by atoms with Crippen LogP contribution >= 0.6 is 0 Å². The van der Waals surface area contributed by atoms with Crippen LogP contribution in [0.1, 0.15) is 24.9 Å². The molecule has 0 aromatic carbocycles. The highest BCUT2D eigenvalue weighted by Gasteiger charge is 2.06. The lowest BCUT2D eigenvalue weighted by Crippen LogP contribution is -2.37. The molecule has 1 rings (SSSR count). The van der Waals surface area contributed by atoms with Crippen molar-refractivity contribution in [3.8, 4) is 0 Å². The first-order valence-corrected chi connectivity index (χ1v) is 4.25. The Balaban J connectivity index is 0.00000225. The molecule has 0 saturated heterocycles. The second-order valence-corrected chi connectivity index (χ2v) is 2.82. The highest BCUT2D eigenvalue weighted by molar-refractivity contribution is 5.84. The second kappa shape index (κ2) is 5.70. The van der Waals surface area contributed by atoms with Gasteiger partial charge < -0.3 is 9.52 Å². The third kappa shape index (κ3) is 2.95. The predicted octanol–water partition coefficient (Wildman–Crippen LogP) is 0.741. The zero-order valence-electron chi connectivity index (χ0n) is 8.19. The lowest BCUT2D eigenvalue weighted by molar-refractivity contribution is 0.0656. The van der Waals surface area contributed by atoms with Gasteiger partial charge in [0.05, 0.1) is 5.22 Å². The van der Waals surface area contributed by atoms with Crippen LogP contribution in [0.3, 0.4) is 0 Å². The molecule has 1 heterocycles. The number of carbonyl (C=O) groups is 1. The monoisotopic (exact) mass is 222 g/mol. The zero-order valence-corrected chi connectivity index (χ0v) is 8.19. The Labute approximate surface area is 92.8 Å². The van der Waals surface area contributed by atoms with Gasteiger partial charge in [-0.05, 0) is 13.0 Å². The first-order chi connectivity index (χ1) is 7.06. The first kappa shape index (κ1) is 13.9. The average Bonchev–Trinajstić information content (AvgIpc) is 2.19. The zero-order chi connectivity index (χ0) is 11.4. The van der Waals surface area contributed by atoms with Crippen molar-refractivity contribution >= 4 is 18.6 Å². The highest BCUT2D eigenvalue weighted by atomic mass is 16.4. The topological polar surface area (TPSA) is 67.5 Å². The van der Waals surface area contributed by atoms with Gasteiger partial charge in [0.25, 0.3) is 0 Å². The van der Waals surface area contributed by atoms with Gasteiger partial charge in [-0.3, -0.25) is 4.79 Å². The Morgan fingerprint density at radius 2 is 2.19 bits per heavy atom. The Kier molecular flexibility index (Phi) is 4.95. The maximum atomic E-state index is 11.3. The van der Waals surface area contributed by atoms with Gasteiger partial charge in [0.2, 0.25) is 5.76 Å². The molecule has 16 heavy (non-hydrogen) atoms. The highest BCUT2D eigenvalue weighted by Crippen LogP contribution is 1.88. The van der Waals surface area contributed by atoms with E-state index in [9.17, 15) is 9.59 Å². The van der Waals surface area contributed by atoms with E-state index in [2.05, 4.69) is 6.58 Å². The summed E-state index contributed by atoms with van der Waals surface area (Å²) in [7, 11) is 0. The van der Waals surface area contributed by atoms with E-state index < -0.39 is 11.4 Å². The van der Waals surface area contributed by atoms with Gasteiger partial charge >= 0.3 is 5.97 Å². The summed E-state index contributed by atoms with van der Waals surface area (Å²) in [4.78, 5) is 21.9. The predicted molar refractivity (Wildman–Crippen MR) is 62.7 cm³/mol. The van der Waals surface area contributed by atoms with Crippen molar-refractivity contribution in [2.45, 2.75) is 14.4 Å². The lowest BCUT2D eigenvalue weighted by atomic mass is 10.3. The molecule has 4 heteroatoms. The summed E-state index contributed by atoms with van der Waals surface area (Å²) < 4.78 is 4.98. The van der Waals surface area contributed by atoms with Gasteiger partial charge in [-0.2, -0.15) is 0 Å². The molecule has 0 unspecified atom stereocenters. The van der Waals surface area contributed by atoms with Gasteiger partial charge in [0.15, 0.2) is 5.43 Å². The van der Waals surface area contributed by atoms with E-state index >= 15 is 0 Å². The quantitative estimate of drug-likeness (QED) is 0.801. The average molecular weight is 222 g/mol. The number of carboxylic acid groups (broad SMARTS) is 1. The SMILES string of the molecule is C.C=c1c(=O)cc(C(=O)O)o/c1=C/C=C\C. The Morgan fingerprint density at radius 3 is 2.69 bits per heavy atom. The number of hydrogen-bond donors (Lipinski definition) is 1. The third-order valence-electron chi connectivity index (χ3n) is 1.73. The largest absolute Gasteiger partial charge is 0.475 e. The van der Waals surface area contributed by atoms with Gasteiger partial charge in [0, 0.05) is 6.07 Å². The molecule has 0 fully saturated rings. The fourth-order valence-corrected chi connectivity index (χ4v) is 0.961. The molecule has 0 aliphatic heterocycles. The summed E-state index contributed by atoms with van der Waals surface area (Å²) in [5, 5.41) is 8.82. The van der Waals surface area contributed by atoms with Gasteiger partial charge in [-0.15, -0.1) is 0 Å². The standard InChI is InChI=1S/C11H10O4.CH4/c1-3-4-5-9-7(2)8(12)6-10(15-9)11(13)14;/h3-6H,2H2,1H3,(H,13,14);1H4/b4-3-,9-5+;. The van der Waals surface area contributed by atoms with Crippen molar-refractivity contribution < 1.29 is 14.3 Å². The van der Waals surface area contributed by atoms with Crippen LogP contribution in [0.25, 0.3) is 12.7 Å². The first-order valence-electron chi connectivity index (χ1n) is 4.25. The molecule has 1 aromatic rings. The summed E-state index contributed by atoms with van der Waals surface area (Å²) in [6.07, 6.45) is 4.86. The fourth-order valence-electron chi connectivity index (χ4n) is 0.961. The maximum Gasteiger partial charge on any atom is 0.371 e. The van der Waals surface area contributed by atoms with E-state index in [1.807, 2.05) is 0 Å². The van der Waals surface area contributed by atoms with Crippen LogP contribution in [0.2, 0.25) is 0 Å². The minimum atomic E-state index is -1.28. The molecule has 0 saturated carbocycles. The molecule has 0 aliphatic carbocycles. The summed E-state index contributed by atoms with van der Waals surface area (Å²) in [6, 6.07) is 0.914. The van der Waals surface area contributed by atoms with Crippen LogP contribution < -0.4 is 16.1 Å². The van der Waals surface area contributed by atoms with Crippen molar-refractivity contribution in [2.24, 2.45) is 0 Å². The van der Waals surface area contributed by atoms with E-state index in [1.54, 1.807) is 19.1 Å². The van der Waals surface area contributed by atoms with Crippen LogP contribution in [-0.4, -0.2) is 11.1 Å². The molecule has 4 nitrogen and oxygen atoms in total. The molecule has 0 atom stereocenters. The number of aromatic carboxylic acids is 1. The molecule has 0 amide bonds. The van der Waals surface area contributed by atoms with E-state index in [0.29, 0.717) is 0 Å². The third-order valence-corrected chi connectivity index (χ3v) is 1.73. The lowest BCUT2D eigenvalue weighted by Gasteiger charge is -1.93. The van der Waals surface area contributed by atoms with Crippen molar-refractivity contribution in [3.05, 3.63) is 44.8 Å². The maximum absolute atomic E-state index is 11.3. The Morgan fingerprint density at radius 1 is 1.56 bits per heavy atom. The second-order valence-electron chi connectivity index (χ2n) is 2.82. The summed E-state index contributed by atoms with van der Waals surface area (Å²) in [5.74, 6) is -1.66. The number of hydrogen-bond acceptors (Lipinski definition) is 3. The Hall–Kier alpha value is -2.10.